The van der Waals surface area contributed by atoms with E-state index in [-0.39, 0.29) is 11.2 Å². The number of benzene rings is 1. The fourth-order valence-corrected chi connectivity index (χ4v) is 2.72. The van der Waals surface area contributed by atoms with Crippen molar-refractivity contribution in [1.29, 1.82) is 0 Å². The zero-order chi connectivity index (χ0) is 15.2. The Balaban J connectivity index is 1.86. The molecule has 0 saturated heterocycles. The predicted octanol–water partition coefficient (Wildman–Crippen LogP) is 2.40. The monoisotopic (exact) mass is 304 g/mol. The van der Waals surface area contributed by atoms with Crippen LogP contribution in [0.25, 0.3) is 0 Å². The van der Waals surface area contributed by atoms with E-state index in [1.807, 2.05) is 49.6 Å². The van der Waals surface area contributed by atoms with Gasteiger partial charge in [-0.2, -0.15) is 0 Å². The number of rotatable bonds is 6. The average molecular weight is 304 g/mol. The molecule has 0 spiro atoms. The Morgan fingerprint density at radius 3 is 2.76 bits per heavy atom. The van der Waals surface area contributed by atoms with Crippen molar-refractivity contribution >= 4 is 17.7 Å². The quantitative estimate of drug-likeness (QED) is 0.833. The van der Waals surface area contributed by atoms with Crippen molar-refractivity contribution in [1.82, 2.24) is 20.1 Å². The van der Waals surface area contributed by atoms with Crippen LogP contribution in [-0.2, 0) is 17.9 Å². The number of hydrogen-bond acceptors (Lipinski definition) is 4. The Hall–Kier alpha value is -1.82. The first-order valence-corrected chi connectivity index (χ1v) is 7.86. The van der Waals surface area contributed by atoms with Crippen LogP contribution < -0.4 is 5.32 Å². The minimum absolute atomic E-state index is 0.00577. The second-order valence-corrected chi connectivity index (χ2v) is 6.17. The second kappa shape index (κ2) is 7.26. The molecule has 2 rings (SSSR count). The van der Waals surface area contributed by atoms with Gasteiger partial charge in [-0.05, 0) is 26.3 Å². The first kappa shape index (κ1) is 15.6. The van der Waals surface area contributed by atoms with Crippen molar-refractivity contribution in [2.24, 2.45) is 0 Å². The normalized spacial score (nSPS) is 12.1. The molecule has 1 aromatic heterocycles. The van der Waals surface area contributed by atoms with Gasteiger partial charge in [0, 0.05) is 13.1 Å². The molecule has 21 heavy (non-hydrogen) atoms. The fourth-order valence-electron chi connectivity index (χ4n) is 1.80. The van der Waals surface area contributed by atoms with Crippen LogP contribution in [0.1, 0.15) is 25.0 Å². The Kier molecular flexibility index (Phi) is 5.38. The van der Waals surface area contributed by atoms with Gasteiger partial charge in [0.05, 0.1) is 5.25 Å². The van der Waals surface area contributed by atoms with E-state index >= 15 is 0 Å². The van der Waals surface area contributed by atoms with Crippen molar-refractivity contribution in [2.75, 3.05) is 0 Å². The molecule has 0 fully saturated rings. The maximum absolute atomic E-state index is 12.1. The lowest BCUT2D eigenvalue weighted by Gasteiger charge is -2.12. The van der Waals surface area contributed by atoms with Crippen LogP contribution in [0.15, 0.2) is 35.7 Å². The Morgan fingerprint density at radius 2 is 2.10 bits per heavy atom. The molecular weight excluding hydrogens is 284 g/mol. The first-order valence-electron chi connectivity index (χ1n) is 6.98. The van der Waals surface area contributed by atoms with E-state index in [0.717, 1.165) is 17.3 Å². The predicted molar refractivity (Wildman–Crippen MR) is 84.0 cm³/mol. The molecule has 1 atom stereocenters. The molecule has 0 aliphatic heterocycles. The lowest BCUT2D eigenvalue weighted by atomic mass is 10.1. The smallest absolute Gasteiger partial charge is 0.233 e. The molecule has 0 aliphatic carbocycles. The molecule has 6 heteroatoms. The highest BCUT2D eigenvalue weighted by molar-refractivity contribution is 8.00. The van der Waals surface area contributed by atoms with E-state index in [9.17, 15) is 4.79 Å². The van der Waals surface area contributed by atoms with E-state index in [4.69, 9.17) is 0 Å². The van der Waals surface area contributed by atoms with E-state index in [2.05, 4.69) is 15.5 Å². The number of carbonyl (C=O) groups excluding carboxylic acids is 1. The van der Waals surface area contributed by atoms with Gasteiger partial charge in [0.25, 0.3) is 0 Å². The number of thioether (sulfide) groups is 1. The summed E-state index contributed by atoms with van der Waals surface area (Å²) >= 11 is 1.42. The summed E-state index contributed by atoms with van der Waals surface area (Å²) in [5.41, 5.74) is 2.32. The first-order chi connectivity index (χ1) is 10.1. The number of aromatic nitrogens is 3. The highest BCUT2D eigenvalue weighted by Crippen LogP contribution is 2.20. The van der Waals surface area contributed by atoms with Crippen LogP contribution in [0.3, 0.4) is 0 Å². The lowest BCUT2D eigenvalue weighted by molar-refractivity contribution is -0.120. The molecule has 1 N–H and O–H groups in total. The second-order valence-electron chi connectivity index (χ2n) is 4.86. The van der Waals surface area contributed by atoms with Crippen LogP contribution >= 0.6 is 11.8 Å². The summed E-state index contributed by atoms with van der Waals surface area (Å²) in [4.78, 5) is 12.1. The van der Waals surface area contributed by atoms with Gasteiger partial charge in [-0.25, -0.2) is 0 Å². The third kappa shape index (κ3) is 4.32. The highest BCUT2D eigenvalue weighted by atomic mass is 32.2. The van der Waals surface area contributed by atoms with Crippen LogP contribution in [0.5, 0.6) is 0 Å². The van der Waals surface area contributed by atoms with Crippen molar-refractivity contribution < 1.29 is 4.79 Å². The molecule has 0 radical (unpaired) electrons. The lowest BCUT2D eigenvalue weighted by Crippen LogP contribution is -2.30. The zero-order valence-electron chi connectivity index (χ0n) is 12.5. The maximum Gasteiger partial charge on any atom is 0.233 e. The zero-order valence-corrected chi connectivity index (χ0v) is 13.4. The number of hydrogen-bond donors (Lipinski definition) is 1. The van der Waals surface area contributed by atoms with Gasteiger partial charge >= 0.3 is 0 Å². The molecule has 1 amide bonds. The van der Waals surface area contributed by atoms with Gasteiger partial charge in [0.1, 0.15) is 6.33 Å². The summed E-state index contributed by atoms with van der Waals surface area (Å²) in [6.07, 6.45) is 1.68. The molecule has 5 nitrogen and oxygen atoms in total. The van der Waals surface area contributed by atoms with Crippen LogP contribution in [0, 0.1) is 6.92 Å². The molecular formula is C15H20N4OS. The molecule has 1 unspecified atom stereocenters. The highest BCUT2D eigenvalue weighted by Gasteiger charge is 2.17. The van der Waals surface area contributed by atoms with E-state index in [1.165, 1.54) is 17.3 Å². The molecule has 1 aromatic carbocycles. The molecule has 0 saturated carbocycles. The van der Waals surface area contributed by atoms with Crippen LogP contribution in [-0.4, -0.2) is 25.9 Å². The molecule has 1 heterocycles. The number of nitrogens with one attached hydrogen (secondary N) is 1. The average Bonchev–Trinajstić information content (AvgIpc) is 2.93. The summed E-state index contributed by atoms with van der Waals surface area (Å²) in [6.45, 7) is 7.29. The third-order valence-electron chi connectivity index (χ3n) is 3.16. The third-order valence-corrected chi connectivity index (χ3v) is 4.25. The largest absolute Gasteiger partial charge is 0.351 e. The number of nitrogens with zero attached hydrogens (tertiary/aromatic N) is 3. The van der Waals surface area contributed by atoms with Crippen LogP contribution in [0.4, 0.5) is 0 Å². The molecule has 2 aromatic rings. The summed E-state index contributed by atoms with van der Waals surface area (Å²) in [5.74, 6) is 0.00577. The van der Waals surface area contributed by atoms with Gasteiger partial charge in [-0.15, -0.1) is 10.2 Å². The van der Waals surface area contributed by atoms with Crippen LogP contribution in [0.2, 0.25) is 0 Å². The molecule has 0 bridgehead atoms. The Morgan fingerprint density at radius 1 is 1.38 bits per heavy atom. The van der Waals surface area contributed by atoms with E-state index in [0.29, 0.717) is 6.54 Å². The topological polar surface area (TPSA) is 59.8 Å². The number of amides is 1. The standard InChI is InChI=1S/C15H20N4OS/c1-4-19-10-17-18-15(19)21-12(3)14(20)16-9-13-7-5-11(2)6-8-13/h5-8,10,12H,4,9H2,1-3H3,(H,16,20). The Bertz CT molecular complexity index is 594. The van der Waals surface area contributed by atoms with Gasteiger partial charge in [0.2, 0.25) is 5.91 Å². The molecule has 112 valence electrons. The van der Waals surface area contributed by atoms with Crippen molar-refractivity contribution in [3.63, 3.8) is 0 Å². The van der Waals surface area contributed by atoms with Crippen molar-refractivity contribution in [3.8, 4) is 0 Å². The Labute approximate surface area is 129 Å². The van der Waals surface area contributed by atoms with Gasteiger partial charge in [-0.1, -0.05) is 41.6 Å². The summed E-state index contributed by atoms with van der Waals surface area (Å²) in [7, 11) is 0. The minimum Gasteiger partial charge on any atom is -0.351 e. The van der Waals surface area contributed by atoms with E-state index < -0.39 is 0 Å². The fraction of sp³-hybridized carbons (Fsp3) is 0.400. The SMILES string of the molecule is CCn1cnnc1SC(C)C(=O)NCc1ccc(C)cc1. The number of carbonyl (C=O) groups is 1. The summed E-state index contributed by atoms with van der Waals surface area (Å²) < 4.78 is 1.93. The van der Waals surface area contributed by atoms with Gasteiger partial charge < -0.3 is 9.88 Å². The maximum atomic E-state index is 12.1. The molecule has 0 aliphatic rings. The van der Waals surface area contributed by atoms with Crippen molar-refractivity contribution in [2.45, 2.75) is 44.3 Å². The van der Waals surface area contributed by atoms with Crippen molar-refractivity contribution in [3.05, 3.63) is 41.7 Å². The summed E-state index contributed by atoms with van der Waals surface area (Å²) in [6, 6.07) is 8.15. The van der Waals surface area contributed by atoms with Gasteiger partial charge in [0.15, 0.2) is 5.16 Å². The minimum atomic E-state index is -0.204. The van der Waals surface area contributed by atoms with Gasteiger partial charge in [-0.3, -0.25) is 4.79 Å². The summed E-state index contributed by atoms with van der Waals surface area (Å²) in [5, 5.41) is 11.4. The number of aryl methyl sites for hydroxylation is 2. The van der Waals surface area contributed by atoms with E-state index in [1.54, 1.807) is 6.33 Å².